The van der Waals surface area contributed by atoms with E-state index < -0.39 is 17.4 Å². The minimum atomic E-state index is -4.54. The lowest BCUT2D eigenvalue weighted by Gasteiger charge is -2.26. The maximum atomic E-state index is 14.8. The van der Waals surface area contributed by atoms with Crippen molar-refractivity contribution in [2.75, 3.05) is 13.1 Å². The quantitative estimate of drug-likeness (QED) is 0.787. The molecule has 0 radical (unpaired) electrons. The molecule has 2 rings (SSSR count). The van der Waals surface area contributed by atoms with Gasteiger partial charge in [-0.15, -0.1) is 0 Å². The molecule has 1 unspecified atom stereocenters. The topological polar surface area (TPSA) is 24.9 Å². The molecule has 6 heteroatoms. The van der Waals surface area contributed by atoms with E-state index in [1.807, 2.05) is 0 Å². The maximum absolute atomic E-state index is 14.8. The summed E-state index contributed by atoms with van der Waals surface area (Å²) >= 11 is 0. The highest BCUT2D eigenvalue weighted by atomic mass is 19.4. The van der Waals surface area contributed by atoms with Crippen molar-refractivity contribution < 1.29 is 17.6 Å². The van der Waals surface area contributed by atoms with Crippen molar-refractivity contribution in [3.8, 4) is 0 Å². The SMILES string of the molecule is FC(F)(F)c1ccncc1C1(F)CCCNCC1. The molecule has 1 fully saturated rings. The Labute approximate surface area is 102 Å². The monoisotopic (exact) mass is 262 g/mol. The normalized spacial score (nSPS) is 25.8. The lowest BCUT2D eigenvalue weighted by atomic mass is 9.86. The molecular weight excluding hydrogens is 248 g/mol. The molecular formula is C12H14F4N2. The molecule has 1 saturated heterocycles. The van der Waals surface area contributed by atoms with E-state index >= 15 is 0 Å². The first kappa shape index (κ1) is 13.3. The Bertz CT molecular complexity index is 409. The molecule has 0 aromatic carbocycles. The number of alkyl halides is 4. The lowest BCUT2D eigenvalue weighted by Crippen LogP contribution is -2.26. The number of aromatic nitrogens is 1. The zero-order valence-electron chi connectivity index (χ0n) is 9.73. The molecule has 1 aliphatic rings. The summed E-state index contributed by atoms with van der Waals surface area (Å²) in [4.78, 5) is 3.65. The average molecular weight is 262 g/mol. The summed E-state index contributed by atoms with van der Waals surface area (Å²) in [5, 5.41) is 2.99. The van der Waals surface area contributed by atoms with Crippen LogP contribution >= 0.6 is 0 Å². The molecule has 0 amide bonds. The van der Waals surface area contributed by atoms with E-state index in [1.165, 1.54) is 0 Å². The summed E-state index contributed by atoms with van der Waals surface area (Å²) in [7, 11) is 0. The van der Waals surface area contributed by atoms with E-state index in [1.54, 1.807) is 0 Å². The Kier molecular flexibility index (Phi) is 3.56. The van der Waals surface area contributed by atoms with Gasteiger partial charge in [-0.3, -0.25) is 4.98 Å². The molecule has 0 saturated carbocycles. The van der Waals surface area contributed by atoms with Gasteiger partial charge in [0.15, 0.2) is 0 Å². The van der Waals surface area contributed by atoms with Crippen LogP contribution in [0, 0.1) is 0 Å². The Morgan fingerprint density at radius 1 is 1.22 bits per heavy atom. The predicted octanol–water partition coefficient (Wildman–Crippen LogP) is 3.04. The fourth-order valence-corrected chi connectivity index (χ4v) is 2.30. The van der Waals surface area contributed by atoms with Crippen LogP contribution in [-0.4, -0.2) is 18.1 Å². The minimum Gasteiger partial charge on any atom is -0.317 e. The summed E-state index contributed by atoms with van der Waals surface area (Å²) in [6.45, 7) is 1.01. The molecule has 18 heavy (non-hydrogen) atoms. The highest BCUT2D eigenvalue weighted by Gasteiger charge is 2.42. The van der Waals surface area contributed by atoms with Crippen molar-refractivity contribution >= 4 is 0 Å². The fourth-order valence-electron chi connectivity index (χ4n) is 2.30. The van der Waals surface area contributed by atoms with Crippen LogP contribution in [0.5, 0.6) is 0 Å². The van der Waals surface area contributed by atoms with Gasteiger partial charge in [0, 0.05) is 18.0 Å². The first-order valence-electron chi connectivity index (χ1n) is 5.85. The zero-order valence-corrected chi connectivity index (χ0v) is 9.73. The number of hydrogen-bond donors (Lipinski definition) is 1. The van der Waals surface area contributed by atoms with Crippen LogP contribution in [-0.2, 0) is 11.8 Å². The van der Waals surface area contributed by atoms with Gasteiger partial charge in [0.2, 0.25) is 0 Å². The van der Waals surface area contributed by atoms with Gasteiger partial charge >= 0.3 is 6.18 Å². The Morgan fingerprint density at radius 2 is 2.00 bits per heavy atom. The number of nitrogens with one attached hydrogen (secondary N) is 1. The molecule has 0 bridgehead atoms. The van der Waals surface area contributed by atoms with E-state index in [-0.39, 0.29) is 18.4 Å². The summed E-state index contributed by atoms with van der Waals surface area (Å²) in [5.74, 6) is 0. The van der Waals surface area contributed by atoms with Crippen molar-refractivity contribution in [2.45, 2.75) is 31.1 Å². The van der Waals surface area contributed by atoms with E-state index in [0.717, 1.165) is 18.5 Å². The fraction of sp³-hybridized carbons (Fsp3) is 0.583. The standard InChI is InChI=1S/C12H14F4N2/c13-11(3-1-5-17-7-4-11)10-8-18-6-2-9(10)12(14,15)16/h2,6,8,17H,1,3-5,7H2. The van der Waals surface area contributed by atoms with Crippen LogP contribution in [0.1, 0.15) is 30.4 Å². The van der Waals surface area contributed by atoms with E-state index in [4.69, 9.17) is 0 Å². The molecule has 0 aliphatic carbocycles. The molecule has 2 nitrogen and oxygen atoms in total. The van der Waals surface area contributed by atoms with Gasteiger partial charge in [-0.05, 0) is 38.4 Å². The number of rotatable bonds is 1. The molecule has 1 N–H and O–H groups in total. The van der Waals surface area contributed by atoms with Gasteiger partial charge in [-0.1, -0.05) is 0 Å². The van der Waals surface area contributed by atoms with Crippen molar-refractivity contribution in [1.82, 2.24) is 10.3 Å². The van der Waals surface area contributed by atoms with Gasteiger partial charge in [0.25, 0.3) is 0 Å². The Balaban J connectivity index is 2.43. The number of hydrogen-bond acceptors (Lipinski definition) is 2. The molecule has 2 heterocycles. The molecule has 1 aliphatic heterocycles. The molecule has 1 aromatic rings. The number of halogens is 4. The van der Waals surface area contributed by atoms with Gasteiger partial charge in [0.1, 0.15) is 5.67 Å². The summed E-state index contributed by atoms with van der Waals surface area (Å²) in [6.07, 6.45) is -1.84. The Morgan fingerprint density at radius 3 is 2.72 bits per heavy atom. The van der Waals surface area contributed by atoms with E-state index in [9.17, 15) is 17.6 Å². The lowest BCUT2D eigenvalue weighted by molar-refractivity contribution is -0.139. The van der Waals surface area contributed by atoms with Gasteiger partial charge < -0.3 is 5.32 Å². The van der Waals surface area contributed by atoms with Crippen molar-refractivity contribution in [3.63, 3.8) is 0 Å². The van der Waals surface area contributed by atoms with Crippen molar-refractivity contribution in [1.29, 1.82) is 0 Å². The largest absolute Gasteiger partial charge is 0.416 e. The van der Waals surface area contributed by atoms with Crippen molar-refractivity contribution in [2.24, 2.45) is 0 Å². The predicted molar refractivity (Wildman–Crippen MR) is 58.7 cm³/mol. The third-order valence-corrected chi connectivity index (χ3v) is 3.23. The second kappa shape index (κ2) is 4.84. The van der Waals surface area contributed by atoms with Gasteiger partial charge in [-0.2, -0.15) is 13.2 Å². The second-order valence-corrected chi connectivity index (χ2v) is 4.49. The minimum absolute atomic E-state index is 0.0434. The van der Waals surface area contributed by atoms with Crippen LogP contribution < -0.4 is 5.32 Å². The summed E-state index contributed by atoms with van der Waals surface area (Å²) in [6, 6.07) is 0.842. The average Bonchev–Trinajstić information content (AvgIpc) is 2.54. The third-order valence-electron chi connectivity index (χ3n) is 3.23. The van der Waals surface area contributed by atoms with Gasteiger partial charge in [-0.25, -0.2) is 4.39 Å². The number of nitrogens with zero attached hydrogens (tertiary/aromatic N) is 1. The smallest absolute Gasteiger partial charge is 0.317 e. The summed E-state index contributed by atoms with van der Waals surface area (Å²) < 4.78 is 53.4. The molecule has 0 spiro atoms. The first-order valence-corrected chi connectivity index (χ1v) is 5.85. The second-order valence-electron chi connectivity index (χ2n) is 4.49. The maximum Gasteiger partial charge on any atom is 0.416 e. The highest BCUT2D eigenvalue weighted by Crippen LogP contribution is 2.42. The zero-order chi connectivity index (χ0) is 13.2. The number of pyridine rings is 1. The van der Waals surface area contributed by atoms with Crippen LogP contribution in [0.15, 0.2) is 18.5 Å². The molecule has 1 atom stereocenters. The van der Waals surface area contributed by atoms with Crippen LogP contribution in [0.3, 0.4) is 0 Å². The Hall–Kier alpha value is -1.17. The van der Waals surface area contributed by atoms with Crippen molar-refractivity contribution in [3.05, 3.63) is 29.6 Å². The van der Waals surface area contributed by atoms with Crippen LogP contribution in [0.2, 0.25) is 0 Å². The van der Waals surface area contributed by atoms with E-state index in [0.29, 0.717) is 19.5 Å². The van der Waals surface area contributed by atoms with Crippen LogP contribution in [0.25, 0.3) is 0 Å². The highest BCUT2D eigenvalue weighted by molar-refractivity contribution is 5.32. The van der Waals surface area contributed by atoms with Crippen LogP contribution in [0.4, 0.5) is 17.6 Å². The molecule has 1 aromatic heterocycles. The van der Waals surface area contributed by atoms with E-state index in [2.05, 4.69) is 10.3 Å². The van der Waals surface area contributed by atoms with Gasteiger partial charge in [0.05, 0.1) is 5.56 Å². The third kappa shape index (κ3) is 2.63. The first-order chi connectivity index (χ1) is 8.43. The molecule has 100 valence electrons. The summed E-state index contributed by atoms with van der Waals surface area (Å²) in [5.41, 5.74) is -3.19.